The van der Waals surface area contributed by atoms with Crippen LogP contribution in [0.1, 0.15) is 29.8 Å². The van der Waals surface area contributed by atoms with Crippen molar-refractivity contribution in [2.45, 2.75) is 18.7 Å². The van der Waals surface area contributed by atoms with Gasteiger partial charge in [-0.3, -0.25) is 19.3 Å². The standard InChI is InChI=1S/C23H25N3O6S/c1-4-25(5-2)33(30,31)18-12-10-17(11-13-18)24-21(27)15-32-22(28)14-26-16(3)19-8-6-7-9-20(19)23(26)29/h6-13H,3-5,14-15H2,1-2H3,(H,24,27). The summed E-state index contributed by atoms with van der Waals surface area (Å²) in [5.41, 5.74) is 1.86. The van der Waals surface area contributed by atoms with Gasteiger partial charge in [0.25, 0.3) is 11.8 Å². The Bertz CT molecular complexity index is 1150. The van der Waals surface area contributed by atoms with Crippen LogP contribution in [-0.2, 0) is 24.3 Å². The molecule has 0 aliphatic carbocycles. The highest BCUT2D eigenvalue weighted by atomic mass is 32.2. The van der Waals surface area contributed by atoms with Gasteiger partial charge in [-0.1, -0.05) is 38.6 Å². The summed E-state index contributed by atoms with van der Waals surface area (Å²) < 4.78 is 31.3. The van der Waals surface area contributed by atoms with Crippen molar-refractivity contribution in [3.8, 4) is 0 Å². The number of benzene rings is 2. The summed E-state index contributed by atoms with van der Waals surface area (Å²) >= 11 is 0. The summed E-state index contributed by atoms with van der Waals surface area (Å²) in [6.07, 6.45) is 0. The normalized spacial score (nSPS) is 13.2. The second kappa shape index (κ2) is 9.97. The van der Waals surface area contributed by atoms with E-state index in [-0.39, 0.29) is 17.3 Å². The third kappa shape index (κ3) is 5.12. The van der Waals surface area contributed by atoms with E-state index in [1.807, 2.05) is 0 Å². The van der Waals surface area contributed by atoms with Gasteiger partial charge in [0.15, 0.2) is 6.61 Å². The number of nitrogens with zero attached hydrogens (tertiary/aromatic N) is 2. The Balaban J connectivity index is 1.52. The number of carbonyl (C=O) groups excluding carboxylic acids is 3. The number of ether oxygens (including phenoxy) is 1. The molecule has 10 heteroatoms. The highest BCUT2D eigenvalue weighted by molar-refractivity contribution is 7.89. The van der Waals surface area contributed by atoms with Crippen LogP contribution in [0.5, 0.6) is 0 Å². The summed E-state index contributed by atoms with van der Waals surface area (Å²) in [7, 11) is -3.60. The number of anilines is 1. The van der Waals surface area contributed by atoms with E-state index in [1.165, 1.54) is 33.5 Å². The van der Waals surface area contributed by atoms with Crippen LogP contribution in [-0.4, -0.2) is 61.6 Å². The first kappa shape index (κ1) is 24.1. The lowest BCUT2D eigenvalue weighted by Crippen LogP contribution is -2.32. The van der Waals surface area contributed by atoms with E-state index in [9.17, 15) is 22.8 Å². The number of carbonyl (C=O) groups is 3. The number of rotatable bonds is 9. The molecule has 0 saturated heterocycles. The van der Waals surface area contributed by atoms with Crippen LogP contribution in [0.4, 0.5) is 5.69 Å². The molecule has 0 spiro atoms. The van der Waals surface area contributed by atoms with Crippen molar-refractivity contribution < 1.29 is 27.5 Å². The predicted molar refractivity (Wildman–Crippen MR) is 123 cm³/mol. The van der Waals surface area contributed by atoms with E-state index in [0.717, 1.165) is 0 Å². The molecule has 174 valence electrons. The van der Waals surface area contributed by atoms with E-state index in [1.54, 1.807) is 38.1 Å². The molecular formula is C23H25N3O6S. The van der Waals surface area contributed by atoms with E-state index < -0.39 is 28.5 Å². The third-order valence-electron chi connectivity index (χ3n) is 5.17. The van der Waals surface area contributed by atoms with E-state index in [4.69, 9.17) is 4.74 Å². The van der Waals surface area contributed by atoms with Crippen LogP contribution in [0.2, 0.25) is 0 Å². The Morgan fingerprint density at radius 2 is 1.64 bits per heavy atom. The average molecular weight is 472 g/mol. The molecule has 2 aromatic rings. The molecule has 0 unspecified atom stereocenters. The van der Waals surface area contributed by atoms with Crippen LogP contribution in [0.3, 0.4) is 0 Å². The van der Waals surface area contributed by atoms with Crippen molar-refractivity contribution in [3.63, 3.8) is 0 Å². The van der Waals surface area contributed by atoms with Crippen molar-refractivity contribution >= 4 is 39.2 Å². The summed E-state index contributed by atoms with van der Waals surface area (Å²) in [5, 5.41) is 2.54. The van der Waals surface area contributed by atoms with Gasteiger partial charge in [-0.2, -0.15) is 4.31 Å². The summed E-state index contributed by atoms with van der Waals surface area (Å²) in [4.78, 5) is 38.1. The van der Waals surface area contributed by atoms with Crippen molar-refractivity contribution in [2.24, 2.45) is 0 Å². The number of fused-ring (bicyclic) bond motifs is 1. The first-order valence-corrected chi connectivity index (χ1v) is 11.8. The van der Waals surface area contributed by atoms with Crippen molar-refractivity contribution in [1.29, 1.82) is 0 Å². The summed E-state index contributed by atoms with van der Waals surface area (Å²) in [6.45, 7) is 7.15. The Morgan fingerprint density at radius 1 is 1.03 bits per heavy atom. The van der Waals surface area contributed by atoms with Gasteiger partial charge in [-0.15, -0.1) is 0 Å². The third-order valence-corrected chi connectivity index (χ3v) is 7.24. The smallest absolute Gasteiger partial charge is 0.326 e. The van der Waals surface area contributed by atoms with E-state index in [0.29, 0.717) is 35.6 Å². The lowest BCUT2D eigenvalue weighted by Gasteiger charge is -2.18. The Labute approximate surface area is 192 Å². The van der Waals surface area contributed by atoms with Gasteiger partial charge in [0.05, 0.1) is 4.90 Å². The molecule has 2 aromatic carbocycles. The van der Waals surface area contributed by atoms with E-state index >= 15 is 0 Å². The number of amides is 2. The second-order valence-corrected chi connectivity index (χ2v) is 9.14. The second-order valence-electron chi connectivity index (χ2n) is 7.21. The molecule has 2 amide bonds. The molecule has 9 nitrogen and oxygen atoms in total. The van der Waals surface area contributed by atoms with Crippen LogP contribution in [0.25, 0.3) is 5.70 Å². The van der Waals surface area contributed by atoms with Gasteiger partial charge in [0, 0.05) is 35.6 Å². The van der Waals surface area contributed by atoms with Gasteiger partial charge in [-0.05, 0) is 30.3 Å². The Kier molecular flexibility index (Phi) is 7.29. The van der Waals surface area contributed by atoms with Gasteiger partial charge in [-0.25, -0.2) is 8.42 Å². The molecule has 1 N–H and O–H groups in total. The minimum atomic E-state index is -3.60. The zero-order chi connectivity index (χ0) is 24.2. The van der Waals surface area contributed by atoms with Crippen molar-refractivity contribution in [3.05, 3.63) is 66.2 Å². The molecule has 0 saturated carbocycles. The highest BCUT2D eigenvalue weighted by Crippen LogP contribution is 2.30. The molecule has 0 radical (unpaired) electrons. The molecule has 0 atom stereocenters. The fourth-order valence-corrected chi connectivity index (χ4v) is 4.90. The molecule has 0 fully saturated rings. The first-order chi connectivity index (χ1) is 15.7. The fraction of sp³-hybridized carbons (Fsp3) is 0.261. The molecule has 1 heterocycles. The lowest BCUT2D eigenvalue weighted by molar-refractivity contribution is -0.147. The van der Waals surface area contributed by atoms with Crippen molar-refractivity contribution in [2.75, 3.05) is 31.6 Å². The van der Waals surface area contributed by atoms with Gasteiger partial charge >= 0.3 is 5.97 Å². The maximum atomic E-state index is 12.5. The molecule has 3 rings (SSSR count). The molecule has 33 heavy (non-hydrogen) atoms. The topological polar surface area (TPSA) is 113 Å². The van der Waals surface area contributed by atoms with Crippen LogP contribution in [0.15, 0.2) is 60.0 Å². The average Bonchev–Trinajstić information content (AvgIpc) is 3.04. The van der Waals surface area contributed by atoms with Crippen LogP contribution < -0.4 is 5.32 Å². The van der Waals surface area contributed by atoms with Gasteiger partial charge in [0.1, 0.15) is 6.54 Å². The number of nitrogens with one attached hydrogen (secondary N) is 1. The molecule has 1 aliphatic rings. The largest absolute Gasteiger partial charge is 0.454 e. The molecular weight excluding hydrogens is 446 g/mol. The monoisotopic (exact) mass is 471 g/mol. The van der Waals surface area contributed by atoms with Gasteiger partial charge < -0.3 is 10.1 Å². The number of sulfonamides is 1. The Morgan fingerprint density at radius 3 is 2.21 bits per heavy atom. The summed E-state index contributed by atoms with van der Waals surface area (Å²) in [6, 6.07) is 12.6. The number of hydrogen-bond donors (Lipinski definition) is 1. The van der Waals surface area contributed by atoms with Crippen molar-refractivity contribution in [1.82, 2.24) is 9.21 Å². The van der Waals surface area contributed by atoms with Crippen LogP contribution >= 0.6 is 0 Å². The highest BCUT2D eigenvalue weighted by Gasteiger charge is 2.32. The number of esters is 1. The SMILES string of the molecule is C=C1c2ccccc2C(=O)N1CC(=O)OCC(=O)Nc1ccc(S(=O)(=O)N(CC)CC)cc1. The maximum absolute atomic E-state index is 12.5. The number of hydrogen-bond acceptors (Lipinski definition) is 6. The first-order valence-electron chi connectivity index (χ1n) is 10.3. The lowest BCUT2D eigenvalue weighted by atomic mass is 10.1. The van der Waals surface area contributed by atoms with E-state index in [2.05, 4.69) is 11.9 Å². The maximum Gasteiger partial charge on any atom is 0.326 e. The summed E-state index contributed by atoms with van der Waals surface area (Å²) in [5.74, 6) is -1.71. The van der Waals surface area contributed by atoms with Crippen LogP contribution in [0, 0.1) is 0 Å². The zero-order valence-electron chi connectivity index (χ0n) is 18.4. The fourth-order valence-electron chi connectivity index (χ4n) is 3.44. The zero-order valence-corrected chi connectivity index (χ0v) is 19.2. The predicted octanol–water partition coefficient (Wildman–Crippen LogP) is 2.33. The molecule has 0 bridgehead atoms. The minimum absolute atomic E-state index is 0.118. The quantitative estimate of drug-likeness (QED) is 0.562. The molecule has 0 aromatic heterocycles. The Hall–Kier alpha value is -3.50. The van der Waals surface area contributed by atoms with Gasteiger partial charge in [0.2, 0.25) is 10.0 Å². The minimum Gasteiger partial charge on any atom is -0.454 e. The molecule has 1 aliphatic heterocycles.